The number of carbonyl (C=O) groups excluding carboxylic acids is 2. The number of rotatable bonds is 3. The SMILES string of the molecule is C[C@H](Nc1ccc2c(c1)NC(=O)[C@@H](C)O2)C(=O)N1CCc2ccccc21. The minimum absolute atomic E-state index is 0.0292. The fourth-order valence-corrected chi connectivity index (χ4v) is 3.41. The van der Waals surface area contributed by atoms with Gasteiger partial charge in [0, 0.05) is 17.9 Å². The van der Waals surface area contributed by atoms with Crippen molar-refractivity contribution in [3.63, 3.8) is 0 Å². The standard InChI is InChI=1S/C20H21N3O3/c1-12(20(25)23-10-9-14-5-3-4-6-17(14)23)21-15-7-8-18-16(11-15)22-19(24)13(2)26-18/h3-8,11-13,21H,9-10H2,1-2H3,(H,22,24)/t12-,13+/m0/s1. The van der Waals surface area contributed by atoms with Crippen LogP contribution in [0.3, 0.4) is 0 Å². The minimum atomic E-state index is -0.503. The Morgan fingerprint density at radius 2 is 2.12 bits per heavy atom. The van der Waals surface area contributed by atoms with E-state index in [1.54, 1.807) is 19.1 Å². The third-order valence-corrected chi connectivity index (χ3v) is 4.82. The van der Waals surface area contributed by atoms with E-state index >= 15 is 0 Å². The molecule has 6 nitrogen and oxygen atoms in total. The van der Waals surface area contributed by atoms with E-state index in [9.17, 15) is 9.59 Å². The summed E-state index contributed by atoms with van der Waals surface area (Å²) in [5, 5.41) is 6.05. The molecule has 2 amide bonds. The van der Waals surface area contributed by atoms with Crippen molar-refractivity contribution < 1.29 is 14.3 Å². The molecule has 26 heavy (non-hydrogen) atoms. The summed E-state index contributed by atoms with van der Waals surface area (Å²) in [6.45, 7) is 4.26. The monoisotopic (exact) mass is 351 g/mol. The van der Waals surface area contributed by atoms with Crippen molar-refractivity contribution in [1.29, 1.82) is 0 Å². The number of hydrogen-bond donors (Lipinski definition) is 2. The number of nitrogens with one attached hydrogen (secondary N) is 2. The lowest BCUT2D eigenvalue weighted by Crippen LogP contribution is -2.40. The maximum absolute atomic E-state index is 12.9. The number of carbonyl (C=O) groups is 2. The van der Waals surface area contributed by atoms with Gasteiger partial charge in [-0.1, -0.05) is 18.2 Å². The molecule has 2 heterocycles. The molecule has 0 aliphatic carbocycles. The maximum Gasteiger partial charge on any atom is 0.265 e. The molecule has 4 rings (SSSR count). The Kier molecular flexibility index (Phi) is 4.03. The predicted molar refractivity (Wildman–Crippen MR) is 101 cm³/mol. The molecule has 2 aromatic rings. The number of amides is 2. The van der Waals surface area contributed by atoms with Crippen LogP contribution >= 0.6 is 0 Å². The average molecular weight is 351 g/mol. The zero-order chi connectivity index (χ0) is 18.3. The van der Waals surface area contributed by atoms with E-state index in [1.807, 2.05) is 36.1 Å². The van der Waals surface area contributed by atoms with Gasteiger partial charge >= 0.3 is 0 Å². The first-order valence-corrected chi connectivity index (χ1v) is 8.80. The summed E-state index contributed by atoms with van der Waals surface area (Å²) in [5.41, 5.74) is 3.57. The van der Waals surface area contributed by atoms with E-state index in [2.05, 4.69) is 16.7 Å². The third-order valence-electron chi connectivity index (χ3n) is 4.82. The molecular weight excluding hydrogens is 330 g/mol. The van der Waals surface area contributed by atoms with Gasteiger partial charge in [-0.2, -0.15) is 0 Å². The van der Waals surface area contributed by atoms with E-state index in [4.69, 9.17) is 4.74 Å². The Bertz CT molecular complexity index is 880. The molecule has 6 heteroatoms. The van der Waals surface area contributed by atoms with Gasteiger partial charge in [0.2, 0.25) is 5.91 Å². The number of para-hydroxylation sites is 1. The number of hydrogen-bond acceptors (Lipinski definition) is 4. The van der Waals surface area contributed by atoms with Crippen LogP contribution in [0.1, 0.15) is 19.4 Å². The van der Waals surface area contributed by atoms with Crippen LogP contribution in [0.4, 0.5) is 17.1 Å². The number of fused-ring (bicyclic) bond motifs is 2. The summed E-state index contributed by atoms with van der Waals surface area (Å²) in [7, 11) is 0. The molecule has 2 atom stereocenters. The third kappa shape index (κ3) is 2.87. The summed E-state index contributed by atoms with van der Waals surface area (Å²) in [6, 6.07) is 13.1. The van der Waals surface area contributed by atoms with Crippen molar-refractivity contribution in [2.24, 2.45) is 0 Å². The Hall–Kier alpha value is -3.02. The molecule has 2 aliphatic rings. The highest BCUT2D eigenvalue weighted by molar-refractivity contribution is 6.01. The first-order chi connectivity index (χ1) is 12.5. The van der Waals surface area contributed by atoms with Gasteiger partial charge in [0.25, 0.3) is 5.91 Å². The van der Waals surface area contributed by atoms with Crippen LogP contribution in [0.5, 0.6) is 5.75 Å². The number of anilines is 3. The Balaban J connectivity index is 1.49. The van der Waals surface area contributed by atoms with Gasteiger partial charge in [0.05, 0.1) is 5.69 Å². The second kappa shape index (κ2) is 6.37. The Morgan fingerprint density at radius 1 is 1.31 bits per heavy atom. The number of benzene rings is 2. The molecule has 0 fully saturated rings. The fourth-order valence-electron chi connectivity index (χ4n) is 3.41. The molecule has 0 radical (unpaired) electrons. The molecule has 2 aromatic carbocycles. The van der Waals surface area contributed by atoms with Crippen LogP contribution < -0.4 is 20.3 Å². The van der Waals surface area contributed by atoms with Crippen LogP contribution in [-0.2, 0) is 16.0 Å². The topological polar surface area (TPSA) is 70.7 Å². The maximum atomic E-state index is 12.9. The van der Waals surface area contributed by atoms with E-state index in [0.29, 0.717) is 18.0 Å². The normalized spacial score (nSPS) is 19.1. The van der Waals surface area contributed by atoms with Crippen LogP contribution in [0, 0.1) is 0 Å². The van der Waals surface area contributed by atoms with Crippen LogP contribution in [0.15, 0.2) is 42.5 Å². The first kappa shape index (κ1) is 16.4. The van der Waals surface area contributed by atoms with Crippen LogP contribution in [0.2, 0.25) is 0 Å². The van der Waals surface area contributed by atoms with Gasteiger partial charge in [0.15, 0.2) is 6.10 Å². The molecule has 0 bridgehead atoms. The van der Waals surface area contributed by atoms with Gasteiger partial charge in [-0.3, -0.25) is 9.59 Å². The highest BCUT2D eigenvalue weighted by Crippen LogP contribution is 2.33. The van der Waals surface area contributed by atoms with Crippen molar-refractivity contribution in [3.05, 3.63) is 48.0 Å². The average Bonchev–Trinajstić information content (AvgIpc) is 3.06. The van der Waals surface area contributed by atoms with Gasteiger partial charge in [-0.05, 0) is 50.1 Å². The molecular formula is C20H21N3O3. The molecule has 0 saturated carbocycles. The zero-order valence-corrected chi connectivity index (χ0v) is 14.8. The molecule has 0 aromatic heterocycles. The quantitative estimate of drug-likeness (QED) is 0.892. The van der Waals surface area contributed by atoms with E-state index < -0.39 is 12.1 Å². The molecule has 2 aliphatic heterocycles. The van der Waals surface area contributed by atoms with Gasteiger partial charge in [0.1, 0.15) is 11.8 Å². The van der Waals surface area contributed by atoms with Crippen molar-refractivity contribution in [1.82, 2.24) is 0 Å². The van der Waals surface area contributed by atoms with E-state index in [1.165, 1.54) is 5.56 Å². The first-order valence-electron chi connectivity index (χ1n) is 8.80. The lowest BCUT2D eigenvalue weighted by Gasteiger charge is -2.25. The fraction of sp³-hybridized carbons (Fsp3) is 0.300. The van der Waals surface area contributed by atoms with Crippen molar-refractivity contribution in [3.8, 4) is 5.75 Å². The number of nitrogens with zero attached hydrogens (tertiary/aromatic N) is 1. The zero-order valence-electron chi connectivity index (χ0n) is 14.8. The summed E-state index contributed by atoms with van der Waals surface area (Å²) in [6.07, 6.45) is 0.381. The molecule has 2 N–H and O–H groups in total. The Labute approximate surface area is 152 Å². The van der Waals surface area contributed by atoms with Crippen molar-refractivity contribution in [2.75, 3.05) is 22.1 Å². The van der Waals surface area contributed by atoms with E-state index in [-0.39, 0.29) is 11.8 Å². The highest BCUT2D eigenvalue weighted by Gasteiger charge is 2.28. The summed E-state index contributed by atoms with van der Waals surface area (Å²) >= 11 is 0. The van der Waals surface area contributed by atoms with Gasteiger partial charge in [-0.15, -0.1) is 0 Å². The van der Waals surface area contributed by atoms with Gasteiger partial charge < -0.3 is 20.3 Å². The van der Waals surface area contributed by atoms with Crippen molar-refractivity contribution >= 4 is 28.9 Å². The molecule has 0 saturated heterocycles. The second-order valence-corrected chi connectivity index (χ2v) is 6.69. The smallest absolute Gasteiger partial charge is 0.265 e. The summed E-state index contributed by atoms with van der Waals surface area (Å²) in [4.78, 5) is 26.5. The molecule has 134 valence electrons. The van der Waals surface area contributed by atoms with Gasteiger partial charge in [-0.25, -0.2) is 0 Å². The lowest BCUT2D eigenvalue weighted by atomic mass is 10.1. The lowest BCUT2D eigenvalue weighted by molar-refractivity contribution is -0.122. The molecule has 0 unspecified atom stereocenters. The highest BCUT2D eigenvalue weighted by atomic mass is 16.5. The van der Waals surface area contributed by atoms with Crippen LogP contribution in [0.25, 0.3) is 0 Å². The predicted octanol–water partition coefficient (Wildman–Crippen LogP) is 2.80. The van der Waals surface area contributed by atoms with Crippen molar-refractivity contribution in [2.45, 2.75) is 32.4 Å². The summed E-state index contributed by atoms with van der Waals surface area (Å²) < 4.78 is 5.56. The Morgan fingerprint density at radius 3 is 2.96 bits per heavy atom. The largest absolute Gasteiger partial charge is 0.479 e. The minimum Gasteiger partial charge on any atom is -0.479 e. The molecule has 0 spiro atoms. The second-order valence-electron chi connectivity index (χ2n) is 6.69. The number of ether oxygens (including phenoxy) is 1. The van der Waals surface area contributed by atoms with Crippen LogP contribution in [-0.4, -0.2) is 30.5 Å². The summed E-state index contributed by atoms with van der Waals surface area (Å²) in [5.74, 6) is 0.490. The van der Waals surface area contributed by atoms with E-state index in [0.717, 1.165) is 17.8 Å².